The minimum Gasteiger partial charge on any atom is -0.456 e. The van der Waals surface area contributed by atoms with Crippen LogP contribution >= 0.6 is 11.6 Å². The van der Waals surface area contributed by atoms with E-state index in [-0.39, 0.29) is 18.5 Å². The van der Waals surface area contributed by atoms with Gasteiger partial charge in [-0.1, -0.05) is 30.2 Å². The van der Waals surface area contributed by atoms with E-state index in [1.54, 1.807) is 12.1 Å². The number of benzene rings is 1. The number of hydrogen-bond donors (Lipinski definition) is 1. The smallest absolute Gasteiger partial charge is 0.306 e. The molecule has 3 rings (SSSR count). The van der Waals surface area contributed by atoms with E-state index in [9.17, 15) is 9.59 Å². The van der Waals surface area contributed by atoms with Crippen LogP contribution in [0.15, 0.2) is 24.3 Å². The number of fused-ring (bicyclic) bond motifs is 2. The molecular formula is C18H22ClNO3. The second kappa shape index (κ2) is 7.35. The average molecular weight is 336 g/mol. The summed E-state index contributed by atoms with van der Waals surface area (Å²) in [5.41, 5.74) is 0.955. The molecule has 2 aliphatic carbocycles. The predicted octanol–water partition coefficient (Wildman–Crippen LogP) is 3.33. The highest BCUT2D eigenvalue weighted by Crippen LogP contribution is 2.49. The second-order valence-corrected chi connectivity index (χ2v) is 7.14. The Morgan fingerprint density at radius 1 is 1.17 bits per heavy atom. The van der Waals surface area contributed by atoms with Crippen molar-refractivity contribution >= 4 is 23.5 Å². The molecule has 23 heavy (non-hydrogen) atoms. The zero-order valence-corrected chi connectivity index (χ0v) is 13.8. The number of rotatable bonds is 6. The molecule has 0 heterocycles. The minimum absolute atomic E-state index is 0.201. The Bertz CT molecular complexity index is 572. The number of halogens is 1. The SMILES string of the molecule is O=C(COC(=O)C[C@H]1C[C@@H]2CC[C@@H]1C2)NCc1ccc(Cl)cc1. The lowest BCUT2D eigenvalue weighted by atomic mass is 9.86. The van der Waals surface area contributed by atoms with Gasteiger partial charge in [0.2, 0.25) is 0 Å². The van der Waals surface area contributed by atoms with Gasteiger partial charge in [-0.05, 0) is 54.7 Å². The summed E-state index contributed by atoms with van der Waals surface area (Å²) in [4.78, 5) is 23.6. The number of hydrogen-bond acceptors (Lipinski definition) is 3. The highest BCUT2D eigenvalue weighted by Gasteiger charge is 2.40. The van der Waals surface area contributed by atoms with E-state index in [1.165, 1.54) is 19.3 Å². The molecule has 1 amide bonds. The summed E-state index contributed by atoms with van der Waals surface area (Å²) >= 11 is 5.81. The molecule has 0 saturated heterocycles. The monoisotopic (exact) mass is 335 g/mol. The van der Waals surface area contributed by atoms with E-state index in [0.29, 0.717) is 29.8 Å². The van der Waals surface area contributed by atoms with Crippen molar-refractivity contribution in [2.75, 3.05) is 6.61 Å². The molecule has 1 N–H and O–H groups in total. The Labute approximate surface area is 141 Å². The summed E-state index contributed by atoms with van der Waals surface area (Å²) < 4.78 is 5.11. The first-order valence-electron chi connectivity index (χ1n) is 8.27. The van der Waals surface area contributed by atoms with Gasteiger partial charge in [-0.15, -0.1) is 0 Å². The maximum Gasteiger partial charge on any atom is 0.306 e. The number of ether oxygens (including phenoxy) is 1. The summed E-state index contributed by atoms with van der Waals surface area (Å²) in [5, 5.41) is 3.40. The highest BCUT2D eigenvalue weighted by atomic mass is 35.5. The topological polar surface area (TPSA) is 55.4 Å². The first-order chi connectivity index (χ1) is 11.1. The molecule has 4 nitrogen and oxygen atoms in total. The summed E-state index contributed by atoms with van der Waals surface area (Å²) in [5.74, 6) is 1.47. The lowest BCUT2D eigenvalue weighted by Crippen LogP contribution is -2.29. The van der Waals surface area contributed by atoms with Crippen LogP contribution in [0.2, 0.25) is 5.02 Å². The predicted molar refractivity (Wildman–Crippen MR) is 87.8 cm³/mol. The van der Waals surface area contributed by atoms with Gasteiger partial charge in [0, 0.05) is 18.0 Å². The van der Waals surface area contributed by atoms with Gasteiger partial charge in [-0.3, -0.25) is 9.59 Å². The number of carbonyl (C=O) groups excluding carboxylic acids is 2. The van der Waals surface area contributed by atoms with Crippen molar-refractivity contribution in [3.63, 3.8) is 0 Å². The van der Waals surface area contributed by atoms with E-state index in [4.69, 9.17) is 16.3 Å². The van der Waals surface area contributed by atoms with Crippen LogP contribution in [0.5, 0.6) is 0 Å². The van der Waals surface area contributed by atoms with Crippen molar-refractivity contribution in [3.8, 4) is 0 Å². The van der Waals surface area contributed by atoms with E-state index >= 15 is 0 Å². The third-order valence-corrected chi connectivity index (χ3v) is 5.33. The second-order valence-electron chi connectivity index (χ2n) is 6.70. The van der Waals surface area contributed by atoms with E-state index < -0.39 is 0 Å². The number of esters is 1. The number of nitrogens with one attached hydrogen (secondary N) is 1. The van der Waals surface area contributed by atoms with Gasteiger partial charge in [0.05, 0.1) is 0 Å². The highest BCUT2D eigenvalue weighted by molar-refractivity contribution is 6.30. The van der Waals surface area contributed by atoms with Crippen LogP contribution in [-0.4, -0.2) is 18.5 Å². The van der Waals surface area contributed by atoms with E-state index in [2.05, 4.69) is 5.32 Å². The van der Waals surface area contributed by atoms with Crippen molar-refractivity contribution < 1.29 is 14.3 Å². The lowest BCUT2D eigenvalue weighted by Gasteiger charge is -2.20. The molecule has 2 aliphatic rings. The Morgan fingerprint density at radius 3 is 2.61 bits per heavy atom. The first kappa shape index (κ1) is 16.3. The van der Waals surface area contributed by atoms with Crippen molar-refractivity contribution in [2.45, 2.75) is 38.6 Å². The molecule has 2 bridgehead atoms. The molecule has 0 aromatic heterocycles. The van der Waals surface area contributed by atoms with Crippen LogP contribution < -0.4 is 5.32 Å². The lowest BCUT2D eigenvalue weighted by molar-refractivity contribution is -0.149. The van der Waals surface area contributed by atoms with Crippen molar-refractivity contribution in [1.29, 1.82) is 0 Å². The van der Waals surface area contributed by atoms with Gasteiger partial charge in [0.25, 0.3) is 5.91 Å². The van der Waals surface area contributed by atoms with Gasteiger partial charge in [-0.2, -0.15) is 0 Å². The van der Waals surface area contributed by atoms with Gasteiger partial charge in [0.1, 0.15) is 0 Å². The third-order valence-electron chi connectivity index (χ3n) is 5.08. The average Bonchev–Trinajstić information content (AvgIpc) is 3.15. The fraction of sp³-hybridized carbons (Fsp3) is 0.556. The molecule has 0 unspecified atom stereocenters. The van der Waals surface area contributed by atoms with Gasteiger partial charge < -0.3 is 10.1 Å². The number of amides is 1. The molecule has 1 aromatic rings. The van der Waals surface area contributed by atoms with Gasteiger partial charge >= 0.3 is 5.97 Å². The molecule has 0 radical (unpaired) electrons. The van der Waals surface area contributed by atoms with Crippen LogP contribution in [0.1, 0.15) is 37.7 Å². The maximum absolute atomic E-state index is 11.9. The summed E-state index contributed by atoms with van der Waals surface area (Å²) in [6.45, 7) is 0.202. The van der Waals surface area contributed by atoms with Crippen molar-refractivity contribution in [1.82, 2.24) is 5.32 Å². The molecular weight excluding hydrogens is 314 g/mol. The molecule has 1 aromatic carbocycles. The normalized spacial score (nSPS) is 25.3. The van der Waals surface area contributed by atoms with Crippen molar-refractivity contribution in [3.05, 3.63) is 34.9 Å². The zero-order chi connectivity index (χ0) is 16.2. The summed E-state index contributed by atoms with van der Waals surface area (Å²) in [7, 11) is 0. The molecule has 5 heteroatoms. The summed E-state index contributed by atoms with van der Waals surface area (Å²) in [6.07, 6.45) is 5.47. The molecule has 0 aliphatic heterocycles. The number of carbonyl (C=O) groups is 2. The van der Waals surface area contributed by atoms with Gasteiger partial charge in [0.15, 0.2) is 6.61 Å². The molecule has 2 saturated carbocycles. The quantitative estimate of drug-likeness (QED) is 0.811. The third kappa shape index (κ3) is 4.47. The Hall–Kier alpha value is -1.55. The summed E-state index contributed by atoms with van der Waals surface area (Å²) in [6, 6.07) is 7.25. The standard InChI is InChI=1S/C18H22ClNO3/c19-16-5-2-12(3-6-16)10-20-17(21)11-23-18(22)9-15-8-13-1-4-14(15)7-13/h2-3,5-6,13-15H,1,4,7-11H2,(H,20,21)/t13-,14-,15-/m1/s1. The zero-order valence-electron chi connectivity index (χ0n) is 13.1. The van der Waals surface area contributed by atoms with Crippen molar-refractivity contribution in [2.24, 2.45) is 17.8 Å². The first-order valence-corrected chi connectivity index (χ1v) is 8.64. The van der Waals surface area contributed by atoms with Crippen LogP contribution in [-0.2, 0) is 20.9 Å². The molecule has 0 spiro atoms. The van der Waals surface area contributed by atoms with E-state index in [1.807, 2.05) is 12.1 Å². The maximum atomic E-state index is 11.9. The molecule has 2 fully saturated rings. The van der Waals surface area contributed by atoms with E-state index in [0.717, 1.165) is 17.9 Å². The van der Waals surface area contributed by atoms with Crippen LogP contribution in [0.3, 0.4) is 0 Å². The van der Waals surface area contributed by atoms with Crippen LogP contribution in [0, 0.1) is 17.8 Å². The Kier molecular flexibility index (Phi) is 5.21. The van der Waals surface area contributed by atoms with Gasteiger partial charge in [-0.25, -0.2) is 0 Å². The fourth-order valence-corrected chi connectivity index (χ4v) is 4.03. The van der Waals surface area contributed by atoms with Crippen LogP contribution in [0.4, 0.5) is 0 Å². The Morgan fingerprint density at radius 2 is 1.96 bits per heavy atom. The molecule has 124 valence electrons. The van der Waals surface area contributed by atoms with Crippen LogP contribution in [0.25, 0.3) is 0 Å². The fourth-order valence-electron chi connectivity index (χ4n) is 3.90. The largest absolute Gasteiger partial charge is 0.456 e. The molecule has 3 atom stereocenters. The minimum atomic E-state index is -0.277. The Balaban J connectivity index is 1.34.